The predicted molar refractivity (Wildman–Crippen MR) is 114 cm³/mol. The molecule has 4 unspecified atom stereocenters. The molecule has 3 heterocycles. The summed E-state index contributed by atoms with van der Waals surface area (Å²) in [6.45, 7) is 3.08. The van der Waals surface area contributed by atoms with E-state index in [1.165, 1.54) is 13.1 Å². The van der Waals surface area contributed by atoms with E-state index in [1.807, 2.05) is 0 Å². The normalized spacial score (nSPS) is 24.0. The molecule has 11 nitrogen and oxygen atoms in total. The topological polar surface area (TPSA) is 136 Å². The van der Waals surface area contributed by atoms with Gasteiger partial charge < -0.3 is 20.9 Å². The number of anilines is 2. The van der Waals surface area contributed by atoms with Gasteiger partial charge in [-0.25, -0.2) is 8.78 Å². The summed E-state index contributed by atoms with van der Waals surface area (Å²) in [5.74, 6) is -2.53. The summed E-state index contributed by atoms with van der Waals surface area (Å²) >= 11 is 0. The highest BCUT2D eigenvalue weighted by Crippen LogP contribution is 2.30. The number of carbonyl (C=O) groups excluding carboxylic acids is 2. The van der Waals surface area contributed by atoms with Gasteiger partial charge in [-0.15, -0.1) is 4.91 Å². The van der Waals surface area contributed by atoms with Gasteiger partial charge in [-0.3, -0.25) is 24.8 Å². The number of hydrogen-bond donors (Lipinski definition) is 3. The molecule has 0 aliphatic carbocycles. The monoisotopic (exact) mass is 454 g/mol. The van der Waals surface area contributed by atoms with Gasteiger partial charge in [0.15, 0.2) is 12.0 Å². The molecular weight excluding hydrogens is 426 g/mol. The summed E-state index contributed by atoms with van der Waals surface area (Å²) < 4.78 is 28.4. The lowest BCUT2D eigenvalue weighted by Crippen LogP contribution is -2.62. The Kier molecular flexibility index (Phi) is 7.64. The minimum atomic E-state index is -1.41. The number of halogens is 2. The molecule has 32 heavy (non-hydrogen) atoms. The van der Waals surface area contributed by atoms with Gasteiger partial charge in [0.05, 0.1) is 24.2 Å². The lowest BCUT2D eigenvalue weighted by Gasteiger charge is -2.40. The van der Waals surface area contributed by atoms with E-state index in [-0.39, 0.29) is 30.4 Å². The van der Waals surface area contributed by atoms with Crippen LogP contribution in [0.1, 0.15) is 6.92 Å². The molecule has 3 rings (SSSR count). The molecule has 13 heteroatoms. The summed E-state index contributed by atoms with van der Waals surface area (Å²) in [5.41, 5.74) is 6.06. The number of piperazine rings is 1. The van der Waals surface area contributed by atoms with E-state index in [0.29, 0.717) is 26.2 Å². The lowest BCUT2D eigenvalue weighted by molar-refractivity contribution is -0.129. The van der Waals surface area contributed by atoms with Gasteiger partial charge in [0.2, 0.25) is 11.8 Å². The Balaban J connectivity index is 1.82. The van der Waals surface area contributed by atoms with Crippen molar-refractivity contribution in [3.63, 3.8) is 0 Å². The molecule has 2 saturated heterocycles. The SMILES string of the molecule is CC(=O)N1CCN(c2c(F)cncc2NC(=O)C(C(N)N=O)C2NCC(F)CN2C)CC1. The molecule has 176 valence electrons. The molecule has 2 amide bonds. The van der Waals surface area contributed by atoms with Gasteiger partial charge >= 0.3 is 0 Å². The second-order valence-corrected chi connectivity index (χ2v) is 8.01. The molecule has 1 aromatic heterocycles. The summed E-state index contributed by atoms with van der Waals surface area (Å²) in [6.07, 6.45) is -0.932. The fourth-order valence-electron chi connectivity index (χ4n) is 4.15. The molecule has 0 radical (unpaired) electrons. The first kappa shape index (κ1) is 23.9. The van der Waals surface area contributed by atoms with E-state index in [4.69, 9.17) is 5.73 Å². The van der Waals surface area contributed by atoms with Gasteiger partial charge in [0, 0.05) is 46.2 Å². The van der Waals surface area contributed by atoms with Gasteiger partial charge in [0.25, 0.3) is 0 Å². The van der Waals surface area contributed by atoms with Crippen LogP contribution in [0.5, 0.6) is 0 Å². The van der Waals surface area contributed by atoms with Crippen LogP contribution in [0.25, 0.3) is 0 Å². The Hall–Kier alpha value is -2.77. The Labute approximate surface area is 184 Å². The molecular formula is C19H28F2N8O3. The zero-order chi connectivity index (χ0) is 23.4. The fourth-order valence-corrected chi connectivity index (χ4v) is 4.15. The smallest absolute Gasteiger partial charge is 0.234 e. The van der Waals surface area contributed by atoms with E-state index < -0.39 is 36.1 Å². The number of alkyl halides is 1. The van der Waals surface area contributed by atoms with Gasteiger partial charge in [0.1, 0.15) is 17.8 Å². The quantitative estimate of drug-likeness (QED) is 0.498. The molecule has 2 fully saturated rings. The average molecular weight is 454 g/mol. The summed E-state index contributed by atoms with van der Waals surface area (Å²) in [6, 6.07) is 0. The zero-order valence-corrected chi connectivity index (χ0v) is 18.0. The van der Waals surface area contributed by atoms with Crippen molar-refractivity contribution in [3.05, 3.63) is 23.1 Å². The Morgan fingerprint density at radius 3 is 2.59 bits per heavy atom. The lowest BCUT2D eigenvalue weighted by atomic mass is 9.98. The Bertz CT molecular complexity index is 852. The number of nitrogens with two attached hydrogens (primary N) is 1. The number of nitrogens with zero attached hydrogens (tertiary/aromatic N) is 5. The standard InChI is InChI=1S/C19H28F2N8O3/c1-11(30)28-3-5-29(6-4-28)16-13(21)8-23-9-14(16)25-19(31)15(17(22)26-32)18-24-7-12(20)10-27(18)2/h8-9,12,15,17-18,24H,3-7,10,22H2,1-2H3,(H,25,31). The maximum absolute atomic E-state index is 14.7. The third kappa shape index (κ3) is 5.16. The van der Waals surface area contributed by atoms with Crippen molar-refractivity contribution in [2.24, 2.45) is 16.8 Å². The van der Waals surface area contributed by atoms with E-state index in [0.717, 1.165) is 6.20 Å². The van der Waals surface area contributed by atoms with Crippen LogP contribution >= 0.6 is 0 Å². The maximum Gasteiger partial charge on any atom is 0.234 e. The highest BCUT2D eigenvalue weighted by atomic mass is 19.1. The van der Waals surface area contributed by atoms with Crippen LogP contribution in [0.15, 0.2) is 17.6 Å². The number of aromatic nitrogens is 1. The number of rotatable bonds is 6. The van der Waals surface area contributed by atoms with Gasteiger partial charge in [-0.05, 0) is 7.05 Å². The van der Waals surface area contributed by atoms with Crippen molar-refractivity contribution in [2.75, 3.05) is 56.5 Å². The second kappa shape index (κ2) is 10.2. The molecule has 1 aromatic rings. The summed E-state index contributed by atoms with van der Waals surface area (Å²) in [7, 11) is 1.60. The van der Waals surface area contributed by atoms with Crippen molar-refractivity contribution in [3.8, 4) is 0 Å². The number of carbonyl (C=O) groups is 2. The highest BCUT2D eigenvalue weighted by Gasteiger charge is 2.40. The van der Waals surface area contributed by atoms with Crippen LogP contribution in [-0.4, -0.2) is 91.4 Å². The average Bonchev–Trinajstić information content (AvgIpc) is 2.75. The van der Waals surface area contributed by atoms with Crippen molar-refractivity contribution < 1.29 is 18.4 Å². The first-order valence-corrected chi connectivity index (χ1v) is 10.3. The van der Waals surface area contributed by atoms with Crippen LogP contribution in [0.2, 0.25) is 0 Å². The van der Waals surface area contributed by atoms with E-state index >= 15 is 0 Å². The van der Waals surface area contributed by atoms with Gasteiger partial charge in [-0.2, -0.15) is 0 Å². The minimum Gasteiger partial charge on any atom is -0.364 e. The van der Waals surface area contributed by atoms with Crippen molar-refractivity contribution in [2.45, 2.75) is 25.4 Å². The third-order valence-electron chi connectivity index (χ3n) is 5.81. The van der Waals surface area contributed by atoms with Crippen LogP contribution in [-0.2, 0) is 9.59 Å². The maximum atomic E-state index is 14.7. The van der Waals surface area contributed by atoms with Crippen molar-refractivity contribution >= 4 is 23.2 Å². The third-order valence-corrected chi connectivity index (χ3v) is 5.81. The van der Waals surface area contributed by atoms with Crippen LogP contribution in [0.3, 0.4) is 0 Å². The summed E-state index contributed by atoms with van der Waals surface area (Å²) in [5, 5.41) is 8.31. The van der Waals surface area contributed by atoms with Gasteiger partial charge in [-0.1, -0.05) is 5.18 Å². The zero-order valence-electron chi connectivity index (χ0n) is 18.0. The van der Waals surface area contributed by atoms with E-state index in [9.17, 15) is 23.3 Å². The molecule has 0 spiro atoms. The molecule has 4 N–H and O–H groups in total. The van der Waals surface area contributed by atoms with Crippen LogP contribution in [0.4, 0.5) is 20.2 Å². The van der Waals surface area contributed by atoms with Crippen molar-refractivity contribution in [1.82, 2.24) is 20.1 Å². The minimum absolute atomic E-state index is 0.00242. The molecule has 0 saturated carbocycles. The molecule has 0 aromatic carbocycles. The number of nitroso groups, excluding NO2 is 1. The highest BCUT2D eigenvalue weighted by molar-refractivity contribution is 5.96. The number of hydrogen-bond acceptors (Lipinski definition) is 9. The first-order valence-electron chi connectivity index (χ1n) is 10.3. The number of amides is 2. The fraction of sp³-hybridized carbons (Fsp3) is 0.632. The van der Waals surface area contributed by atoms with Crippen LogP contribution < -0.4 is 21.3 Å². The second-order valence-electron chi connectivity index (χ2n) is 8.01. The summed E-state index contributed by atoms with van der Waals surface area (Å²) in [4.78, 5) is 44.7. The first-order chi connectivity index (χ1) is 15.2. The molecule has 2 aliphatic rings. The molecule has 4 atom stereocenters. The largest absolute Gasteiger partial charge is 0.364 e. The Morgan fingerprint density at radius 1 is 1.31 bits per heavy atom. The van der Waals surface area contributed by atoms with Crippen LogP contribution in [0, 0.1) is 16.6 Å². The van der Waals surface area contributed by atoms with E-state index in [2.05, 4.69) is 20.8 Å². The predicted octanol–water partition coefficient (Wildman–Crippen LogP) is -0.306. The molecule has 2 aliphatic heterocycles. The van der Waals surface area contributed by atoms with Crippen molar-refractivity contribution in [1.29, 1.82) is 0 Å². The Morgan fingerprint density at radius 2 is 2.00 bits per heavy atom. The molecule has 0 bridgehead atoms. The number of pyridine rings is 1. The van der Waals surface area contributed by atoms with E-state index in [1.54, 1.807) is 21.7 Å². The number of nitrogens with one attached hydrogen (secondary N) is 2.